The molecule has 3 heterocycles. The van der Waals surface area contributed by atoms with E-state index < -0.39 is 5.60 Å². The van der Waals surface area contributed by atoms with Crippen LogP contribution in [0.5, 0.6) is 11.5 Å². The first-order chi connectivity index (χ1) is 17.0. The van der Waals surface area contributed by atoms with Crippen LogP contribution in [0.1, 0.15) is 25.3 Å². The van der Waals surface area contributed by atoms with Gasteiger partial charge in [0, 0.05) is 51.7 Å². The summed E-state index contributed by atoms with van der Waals surface area (Å²) in [7, 11) is 2.04. The van der Waals surface area contributed by atoms with E-state index in [2.05, 4.69) is 36.8 Å². The molecule has 1 aromatic carbocycles. The summed E-state index contributed by atoms with van der Waals surface area (Å²) in [6.07, 6.45) is 5.16. The number of morpholine rings is 1. The van der Waals surface area contributed by atoms with Gasteiger partial charge in [-0.2, -0.15) is 0 Å². The highest BCUT2D eigenvalue weighted by Crippen LogP contribution is 2.30. The minimum absolute atomic E-state index is 0.529. The molecule has 1 N–H and O–H groups in total. The van der Waals surface area contributed by atoms with E-state index in [-0.39, 0.29) is 0 Å². The molecule has 4 rings (SSSR count). The largest absolute Gasteiger partial charge is 0.490 e. The summed E-state index contributed by atoms with van der Waals surface area (Å²) in [6, 6.07) is 7.94. The summed E-state index contributed by atoms with van der Waals surface area (Å²) >= 11 is 0. The van der Waals surface area contributed by atoms with Crippen molar-refractivity contribution in [2.24, 2.45) is 0 Å². The van der Waals surface area contributed by atoms with Crippen LogP contribution in [0.3, 0.4) is 0 Å². The van der Waals surface area contributed by atoms with Gasteiger partial charge in [-0.1, -0.05) is 6.07 Å². The van der Waals surface area contributed by atoms with E-state index in [0.717, 1.165) is 69.3 Å². The number of rotatable bonds is 11. The Morgan fingerprint density at radius 3 is 2.69 bits per heavy atom. The van der Waals surface area contributed by atoms with Gasteiger partial charge in [-0.15, -0.1) is 0 Å². The Balaban J connectivity index is 1.32. The Morgan fingerprint density at radius 1 is 1.11 bits per heavy atom. The van der Waals surface area contributed by atoms with E-state index in [4.69, 9.17) is 14.2 Å². The zero-order valence-corrected chi connectivity index (χ0v) is 21.1. The monoisotopic (exact) mass is 485 g/mol. The highest BCUT2D eigenvalue weighted by molar-refractivity contribution is 5.43. The number of benzene rings is 1. The van der Waals surface area contributed by atoms with Gasteiger partial charge in [0.05, 0.1) is 32.0 Å². The molecule has 9 nitrogen and oxygen atoms in total. The number of anilines is 1. The van der Waals surface area contributed by atoms with Crippen LogP contribution in [0.15, 0.2) is 36.7 Å². The Labute approximate surface area is 208 Å². The fraction of sp³-hybridized carbons (Fsp3) is 0.615. The molecule has 0 radical (unpaired) electrons. The summed E-state index contributed by atoms with van der Waals surface area (Å²) in [4.78, 5) is 15.3. The molecule has 9 heteroatoms. The molecule has 0 aliphatic carbocycles. The summed E-state index contributed by atoms with van der Waals surface area (Å²) in [5, 5.41) is 11.3. The lowest BCUT2D eigenvalue weighted by Crippen LogP contribution is -2.54. The molecule has 2 saturated heterocycles. The smallest absolute Gasteiger partial charge is 0.225 e. The lowest BCUT2D eigenvalue weighted by molar-refractivity contribution is -0.00367. The molecular weight excluding hydrogens is 446 g/mol. The molecule has 1 aromatic heterocycles. The van der Waals surface area contributed by atoms with E-state index >= 15 is 0 Å². The number of piperidine rings is 1. The molecule has 2 aromatic rings. The third-order valence-electron chi connectivity index (χ3n) is 6.48. The molecule has 0 saturated carbocycles. The summed E-state index contributed by atoms with van der Waals surface area (Å²) in [5.41, 5.74) is 0.316. The van der Waals surface area contributed by atoms with Crippen molar-refractivity contribution < 1.29 is 19.3 Å². The maximum Gasteiger partial charge on any atom is 0.225 e. The third-order valence-corrected chi connectivity index (χ3v) is 6.48. The average Bonchev–Trinajstić information content (AvgIpc) is 2.86. The van der Waals surface area contributed by atoms with E-state index in [1.54, 1.807) is 12.4 Å². The normalized spacial score (nSPS) is 21.3. The lowest BCUT2D eigenvalue weighted by atomic mass is 9.92. The van der Waals surface area contributed by atoms with Gasteiger partial charge in [-0.3, -0.25) is 9.80 Å². The van der Waals surface area contributed by atoms with Gasteiger partial charge in [0.25, 0.3) is 0 Å². The lowest BCUT2D eigenvalue weighted by Gasteiger charge is -2.41. The summed E-state index contributed by atoms with van der Waals surface area (Å²) < 4.78 is 17.4. The highest BCUT2D eigenvalue weighted by Gasteiger charge is 2.35. The van der Waals surface area contributed by atoms with Crippen LogP contribution < -0.4 is 14.4 Å². The maximum absolute atomic E-state index is 11.3. The molecule has 192 valence electrons. The van der Waals surface area contributed by atoms with Crippen LogP contribution in [0.2, 0.25) is 0 Å². The van der Waals surface area contributed by atoms with Crippen LogP contribution in [0.25, 0.3) is 0 Å². The predicted molar refractivity (Wildman–Crippen MR) is 135 cm³/mol. The fourth-order valence-corrected chi connectivity index (χ4v) is 4.88. The SMILES string of the molecule is CCOc1cc(CN(C)CC2(O)CCCN(c3ncccn3)C2)ccc1OCCN1CCOCC1. The number of ether oxygens (including phenoxy) is 3. The van der Waals surface area contributed by atoms with Gasteiger partial charge in [0.2, 0.25) is 5.95 Å². The Bertz CT molecular complexity index is 912. The van der Waals surface area contributed by atoms with E-state index in [1.165, 1.54) is 0 Å². The highest BCUT2D eigenvalue weighted by atomic mass is 16.5. The van der Waals surface area contributed by atoms with Gasteiger partial charge >= 0.3 is 0 Å². The minimum atomic E-state index is -0.808. The second-order valence-electron chi connectivity index (χ2n) is 9.49. The Morgan fingerprint density at radius 2 is 1.91 bits per heavy atom. The first kappa shape index (κ1) is 25.6. The average molecular weight is 486 g/mol. The Kier molecular flexibility index (Phi) is 9.14. The van der Waals surface area contributed by atoms with Gasteiger partial charge in [0.15, 0.2) is 11.5 Å². The number of hydrogen-bond acceptors (Lipinski definition) is 9. The van der Waals surface area contributed by atoms with Gasteiger partial charge in [-0.05, 0) is 50.6 Å². The fourth-order valence-electron chi connectivity index (χ4n) is 4.88. The number of β-amino-alcohol motifs (C(OH)–C–C–N with tert-alkyl or cyclic N) is 1. The third kappa shape index (κ3) is 7.51. The van der Waals surface area contributed by atoms with E-state index in [9.17, 15) is 5.11 Å². The second kappa shape index (κ2) is 12.5. The molecule has 1 atom stereocenters. The van der Waals surface area contributed by atoms with Crippen LogP contribution >= 0.6 is 0 Å². The molecular formula is C26H39N5O4. The van der Waals surface area contributed by atoms with E-state index in [1.807, 2.05) is 26.1 Å². The number of nitrogens with zero attached hydrogens (tertiary/aromatic N) is 5. The minimum Gasteiger partial charge on any atom is -0.490 e. The van der Waals surface area contributed by atoms with E-state index in [0.29, 0.717) is 38.8 Å². The maximum atomic E-state index is 11.3. The predicted octanol–water partition coefficient (Wildman–Crippen LogP) is 2.05. The van der Waals surface area contributed by atoms with Crippen molar-refractivity contribution in [2.75, 3.05) is 77.6 Å². The van der Waals surface area contributed by atoms with Crippen molar-refractivity contribution in [2.45, 2.75) is 31.9 Å². The zero-order chi connectivity index (χ0) is 24.5. The van der Waals surface area contributed by atoms with Crippen LogP contribution in [-0.4, -0.2) is 103 Å². The molecule has 2 fully saturated rings. The first-order valence-corrected chi connectivity index (χ1v) is 12.7. The second-order valence-corrected chi connectivity index (χ2v) is 9.49. The summed E-state index contributed by atoms with van der Waals surface area (Å²) in [5.74, 6) is 2.22. The van der Waals surface area contributed by atoms with Crippen molar-refractivity contribution in [3.63, 3.8) is 0 Å². The number of aromatic nitrogens is 2. The topological polar surface area (TPSA) is 83.4 Å². The summed E-state index contributed by atoms with van der Waals surface area (Å²) in [6.45, 7) is 10.2. The van der Waals surface area contributed by atoms with Crippen molar-refractivity contribution in [3.05, 3.63) is 42.2 Å². The number of hydrogen-bond donors (Lipinski definition) is 1. The van der Waals surface area contributed by atoms with Crippen molar-refractivity contribution in [1.29, 1.82) is 0 Å². The first-order valence-electron chi connectivity index (χ1n) is 12.7. The van der Waals surface area contributed by atoms with Crippen LogP contribution in [0.4, 0.5) is 5.95 Å². The standard InChI is InChI=1S/C26H39N5O4/c1-3-34-24-18-22(6-7-23(24)35-17-14-30-12-15-33-16-13-30)19-29(2)20-26(32)8-4-11-31(21-26)25-27-9-5-10-28-25/h5-7,9-10,18,32H,3-4,8,11-17,19-21H2,1-2H3. The van der Waals surface area contributed by atoms with Crippen molar-refractivity contribution in [1.82, 2.24) is 19.8 Å². The van der Waals surface area contributed by atoms with Crippen molar-refractivity contribution in [3.8, 4) is 11.5 Å². The van der Waals surface area contributed by atoms with Gasteiger partial charge in [0.1, 0.15) is 6.61 Å². The zero-order valence-electron chi connectivity index (χ0n) is 21.1. The molecule has 0 spiro atoms. The molecule has 1 unspecified atom stereocenters. The molecule has 0 bridgehead atoms. The number of aliphatic hydroxyl groups is 1. The quantitative estimate of drug-likeness (QED) is 0.514. The molecule has 35 heavy (non-hydrogen) atoms. The van der Waals surface area contributed by atoms with Crippen LogP contribution in [0, 0.1) is 0 Å². The molecule has 2 aliphatic rings. The Hall–Kier alpha value is -2.46. The van der Waals surface area contributed by atoms with Crippen LogP contribution in [-0.2, 0) is 11.3 Å². The van der Waals surface area contributed by atoms with Gasteiger partial charge < -0.3 is 24.2 Å². The van der Waals surface area contributed by atoms with Gasteiger partial charge in [-0.25, -0.2) is 9.97 Å². The van der Waals surface area contributed by atoms with Crippen molar-refractivity contribution >= 4 is 5.95 Å². The molecule has 0 amide bonds. The molecule has 2 aliphatic heterocycles. The number of likely N-dealkylation sites (N-methyl/N-ethyl adjacent to an activating group) is 1.